The molecular weight excluding hydrogens is 450 g/mol. The lowest BCUT2D eigenvalue weighted by molar-refractivity contribution is 0.0620. The Kier molecular flexibility index (Phi) is 6.93. The first-order chi connectivity index (χ1) is 15.3. The largest absolute Gasteiger partial charge is 0.491 e. The van der Waals surface area contributed by atoms with Crippen molar-refractivity contribution < 1.29 is 17.9 Å². The second-order valence-corrected chi connectivity index (χ2v) is 10.5. The van der Waals surface area contributed by atoms with E-state index in [0.717, 1.165) is 38.0 Å². The number of ether oxygens (including phenoxy) is 1. The van der Waals surface area contributed by atoms with Gasteiger partial charge in [0.25, 0.3) is 5.91 Å². The number of hydrogen-bond acceptors (Lipinski definition) is 5. The summed E-state index contributed by atoms with van der Waals surface area (Å²) in [5, 5.41) is 0.604. The fourth-order valence-corrected chi connectivity index (χ4v) is 5.43. The van der Waals surface area contributed by atoms with E-state index >= 15 is 0 Å². The summed E-state index contributed by atoms with van der Waals surface area (Å²) in [6.07, 6.45) is 2.76. The summed E-state index contributed by atoms with van der Waals surface area (Å²) in [5.74, 6) is 0.682. The number of aryl methyl sites for hydroxylation is 1. The summed E-state index contributed by atoms with van der Waals surface area (Å²) < 4.78 is 31.3. The van der Waals surface area contributed by atoms with Gasteiger partial charge in [-0.2, -0.15) is 0 Å². The molecule has 0 atom stereocenters. The van der Waals surface area contributed by atoms with Gasteiger partial charge in [-0.15, -0.1) is 0 Å². The van der Waals surface area contributed by atoms with Gasteiger partial charge in [-0.1, -0.05) is 23.7 Å². The van der Waals surface area contributed by atoms with Crippen LogP contribution in [-0.4, -0.2) is 76.3 Å². The van der Waals surface area contributed by atoms with Crippen molar-refractivity contribution in [3.63, 3.8) is 0 Å². The topological polar surface area (TPSA) is 70.2 Å². The molecule has 0 saturated carbocycles. The minimum absolute atomic E-state index is 0.00348. The molecule has 2 heterocycles. The SMILES string of the molecule is CS(=O)(=O)N1CCCc2cc(C(=O)N3CCN(CCOc4ccccc4Cl)CC3)ccc21. The van der Waals surface area contributed by atoms with Crippen LogP contribution in [0.3, 0.4) is 0 Å². The molecular formula is C23H28ClN3O4S. The predicted octanol–water partition coefficient (Wildman–Crippen LogP) is 2.89. The van der Waals surface area contributed by atoms with E-state index in [2.05, 4.69) is 4.90 Å². The molecule has 1 saturated heterocycles. The molecule has 9 heteroatoms. The van der Waals surface area contributed by atoms with Gasteiger partial charge in [0.05, 0.1) is 17.0 Å². The first kappa shape index (κ1) is 22.9. The van der Waals surface area contributed by atoms with Gasteiger partial charge in [0.1, 0.15) is 12.4 Å². The highest BCUT2D eigenvalue weighted by molar-refractivity contribution is 7.92. The number of amides is 1. The lowest BCUT2D eigenvalue weighted by Gasteiger charge is -2.35. The van der Waals surface area contributed by atoms with E-state index in [1.165, 1.54) is 10.6 Å². The van der Waals surface area contributed by atoms with Crippen molar-refractivity contribution in [2.45, 2.75) is 12.8 Å². The number of carbonyl (C=O) groups excluding carboxylic acids is 1. The molecule has 0 aromatic heterocycles. The third kappa shape index (κ3) is 5.19. The van der Waals surface area contributed by atoms with Gasteiger partial charge in [-0.25, -0.2) is 8.42 Å². The summed E-state index contributed by atoms with van der Waals surface area (Å²) in [6, 6.07) is 12.8. The lowest BCUT2D eigenvalue weighted by Crippen LogP contribution is -2.49. The standard InChI is InChI=1S/C23H28ClN3O4S/c1-32(29,30)27-10-4-5-18-17-19(8-9-21(18)27)23(28)26-13-11-25(12-14-26)15-16-31-22-7-3-2-6-20(22)24/h2-3,6-9,17H,4-5,10-16H2,1H3. The van der Waals surface area contributed by atoms with E-state index in [1.807, 2.05) is 29.2 Å². The molecule has 172 valence electrons. The summed E-state index contributed by atoms with van der Waals surface area (Å²) in [7, 11) is -3.31. The molecule has 1 amide bonds. The molecule has 0 bridgehead atoms. The summed E-state index contributed by atoms with van der Waals surface area (Å²) in [5.41, 5.74) is 2.23. The minimum Gasteiger partial charge on any atom is -0.491 e. The highest BCUT2D eigenvalue weighted by Crippen LogP contribution is 2.30. The van der Waals surface area contributed by atoms with Crippen LogP contribution < -0.4 is 9.04 Å². The number of benzene rings is 2. The number of para-hydroxylation sites is 1. The van der Waals surface area contributed by atoms with E-state index in [-0.39, 0.29) is 5.91 Å². The number of sulfonamides is 1. The molecule has 2 aromatic rings. The Labute approximate surface area is 194 Å². The first-order valence-corrected chi connectivity index (χ1v) is 13.0. The molecule has 2 aromatic carbocycles. The lowest BCUT2D eigenvalue weighted by atomic mass is 10.00. The average Bonchev–Trinajstić information content (AvgIpc) is 2.79. The fraction of sp³-hybridized carbons (Fsp3) is 0.435. The average molecular weight is 478 g/mol. The van der Waals surface area contributed by atoms with Crippen molar-refractivity contribution in [2.75, 3.05) is 56.4 Å². The van der Waals surface area contributed by atoms with Crippen molar-refractivity contribution in [1.82, 2.24) is 9.80 Å². The Balaban J connectivity index is 1.31. The third-order valence-corrected chi connectivity index (χ3v) is 7.46. The van der Waals surface area contributed by atoms with Crippen LogP contribution in [0.5, 0.6) is 5.75 Å². The summed E-state index contributed by atoms with van der Waals surface area (Å²) in [6.45, 7) is 4.66. The quantitative estimate of drug-likeness (QED) is 0.639. The van der Waals surface area contributed by atoms with E-state index < -0.39 is 10.0 Å². The number of fused-ring (bicyclic) bond motifs is 1. The van der Waals surface area contributed by atoms with E-state index in [9.17, 15) is 13.2 Å². The van der Waals surface area contributed by atoms with Crippen LogP contribution in [0.2, 0.25) is 5.02 Å². The second kappa shape index (κ2) is 9.68. The van der Waals surface area contributed by atoms with Crippen LogP contribution in [0.15, 0.2) is 42.5 Å². The number of nitrogens with zero attached hydrogens (tertiary/aromatic N) is 3. The Morgan fingerprint density at radius 3 is 2.53 bits per heavy atom. The Morgan fingerprint density at radius 2 is 1.81 bits per heavy atom. The van der Waals surface area contributed by atoms with Crippen molar-refractivity contribution in [3.05, 3.63) is 58.6 Å². The maximum absolute atomic E-state index is 13.0. The van der Waals surface area contributed by atoms with Crippen LogP contribution >= 0.6 is 11.6 Å². The minimum atomic E-state index is -3.31. The van der Waals surface area contributed by atoms with Crippen molar-refractivity contribution >= 4 is 33.2 Å². The molecule has 2 aliphatic rings. The number of piperazine rings is 1. The molecule has 0 unspecified atom stereocenters. The molecule has 1 fully saturated rings. The van der Waals surface area contributed by atoms with Crippen molar-refractivity contribution in [1.29, 1.82) is 0 Å². The highest BCUT2D eigenvalue weighted by atomic mass is 35.5. The number of rotatable bonds is 6. The Morgan fingerprint density at radius 1 is 1.06 bits per heavy atom. The second-order valence-electron chi connectivity index (χ2n) is 8.19. The van der Waals surface area contributed by atoms with Crippen LogP contribution in [0.1, 0.15) is 22.3 Å². The van der Waals surface area contributed by atoms with Crippen LogP contribution in [-0.2, 0) is 16.4 Å². The molecule has 2 aliphatic heterocycles. The van der Waals surface area contributed by atoms with Crippen LogP contribution in [0.4, 0.5) is 5.69 Å². The molecule has 7 nitrogen and oxygen atoms in total. The molecule has 4 rings (SSSR count). The first-order valence-electron chi connectivity index (χ1n) is 10.8. The van der Waals surface area contributed by atoms with Gasteiger partial charge in [0.2, 0.25) is 10.0 Å². The van der Waals surface area contributed by atoms with Gasteiger partial charge in [0, 0.05) is 44.8 Å². The number of hydrogen-bond donors (Lipinski definition) is 0. The zero-order valence-corrected chi connectivity index (χ0v) is 19.7. The van der Waals surface area contributed by atoms with Crippen molar-refractivity contribution in [2.24, 2.45) is 0 Å². The van der Waals surface area contributed by atoms with Crippen LogP contribution in [0, 0.1) is 0 Å². The van der Waals surface area contributed by atoms with Crippen LogP contribution in [0.25, 0.3) is 0 Å². The van der Waals surface area contributed by atoms with E-state index in [4.69, 9.17) is 16.3 Å². The third-order valence-electron chi connectivity index (χ3n) is 5.96. The smallest absolute Gasteiger partial charge is 0.253 e. The molecule has 0 aliphatic carbocycles. The van der Waals surface area contributed by atoms with Gasteiger partial charge < -0.3 is 9.64 Å². The van der Waals surface area contributed by atoms with Gasteiger partial charge >= 0.3 is 0 Å². The maximum atomic E-state index is 13.0. The van der Waals surface area contributed by atoms with E-state index in [1.54, 1.807) is 18.2 Å². The Hall–Kier alpha value is -2.29. The molecule has 32 heavy (non-hydrogen) atoms. The monoisotopic (exact) mass is 477 g/mol. The maximum Gasteiger partial charge on any atom is 0.253 e. The zero-order chi connectivity index (χ0) is 22.7. The van der Waals surface area contributed by atoms with E-state index in [0.29, 0.717) is 48.3 Å². The zero-order valence-electron chi connectivity index (χ0n) is 18.2. The number of halogens is 1. The van der Waals surface area contributed by atoms with Gasteiger partial charge in [-0.3, -0.25) is 14.0 Å². The molecule has 0 spiro atoms. The summed E-state index contributed by atoms with van der Waals surface area (Å²) in [4.78, 5) is 17.2. The summed E-state index contributed by atoms with van der Waals surface area (Å²) >= 11 is 6.12. The van der Waals surface area contributed by atoms with Crippen molar-refractivity contribution in [3.8, 4) is 5.75 Å². The molecule has 0 radical (unpaired) electrons. The normalized spacial score (nSPS) is 17.2. The Bertz CT molecular complexity index is 1080. The van der Waals surface area contributed by atoms with Gasteiger partial charge in [0.15, 0.2) is 0 Å². The number of carbonyl (C=O) groups is 1. The number of anilines is 1. The molecule has 0 N–H and O–H groups in total. The highest BCUT2D eigenvalue weighted by Gasteiger charge is 2.27. The van der Waals surface area contributed by atoms with Gasteiger partial charge in [-0.05, 0) is 48.7 Å². The predicted molar refractivity (Wildman–Crippen MR) is 126 cm³/mol. The fourth-order valence-electron chi connectivity index (χ4n) is 4.24.